The van der Waals surface area contributed by atoms with Crippen LogP contribution in [0.3, 0.4) is 0 Å². The van der Waals surface area contributed by atoms with E-state index >= 15 is 0 Å². The van der Waals surface area contributed by atoms with Crippen LogP contribution in [0.4, 0.5) is 11.6 Å². The van der Waals surface area contributed by atoms with Gasteiger partial charge in [0.05, 0.1) is 5.39 Å². The highest BCUT2D eigenvalue weighted by Gasteiger charge is 2.23. The molecule has 2 aromatic heterocycles. The van der Waals surface area contributed by atoms with Crippen LogP contribution in [0.15, 0.2) is 29.1 Å². The van der Waals surface area contributed by atoms with Gasteiger partial charge >= 0.3 is 0 Å². The minimum atomic E-state index is 0.0518. The molecule has 0 saturated carbocycles. The largest absolute Gasteiger partial charge is 0.325 e. The van der Waals surface area contributed by atoms with Crippen LogP contribution in [0.25, 0.3) is 10.2 Å². The first-order valence-electron chi connectivity index (χ1n) is 9.51. The van der Waals surface area contributed by atoms with Crippen LogP contribution in [-0.2, 0) is 19.3 Å². The monoisotopic (exact) mass is 367 g/mol. The summed E-state index contributed by atoms with van der Waals surface area (Å²) >= 11 is 1.70. The molecule has 1 aliphatic carbocycles. The summed E-state index contributed by atoms with van der Waals surface area (Å²) in [5.74, 6) is 0.639. The van der Waals surface area contributed by atoms with Crippen LogP contribution in [0.2, 0.25) is 0 Å². The van der Waals surface area contributed by atoms with Crippen molar-refractivity contribution in [3.8, 4) is 0 Å². The molecular weight excluding hydrogens is 342 g/mol. The van der Waals surface area contributed by atoms with Gasteiger partial charge in [-0.05, 0) is 69.2 Å². The molecule has 5 heteroatoms. The van der Waals surface area contributed by atoms with E-state index in [-0.39, 0.29) is 11.6 Å². The molecule has 0 saturated heterocycles. The molecular formula is C21H25N3OS. The summed E-state index contributed by atoms with van der Waals surface area (Å²) in [6.45, 7) is 6.23. The van der Waals surface area contributed by atoms with Crippen molar-refractivity contribution in [2.24, 2.45) is 0 Å². The SMILES string of the molecule is CCc1ccc(Nc2nc3sc4c(c3c(=O)n2C(C)C)CCCC4)cc1. The number of hydrogen-bond acceptors (Lipinski definition) is 4. The van der Waals surface area contributed by atoms with Crippen LogP contribution < -0.4 is 10.9 Å². The minimum Gasteiger partial charge on any atom is -0.325 e. The van der Waals surface area contributed by atoms with E-state index in [0.717, 1.165) is 35.2 Å². The zero-order valence-electron chi connectivity index (χ0n) is 15.6. The Hall–Kier alpha value is -2.14. The van der Waals surface area contributed by atoms with Gasteiger partial charge in [-0.25, -0.2) is 4.98 Å². The van der Waals surface area contributed by atoms with Gasteiger partial charge in [-0.1, -0.05) is 19.1 Å². The third-order valence-electron chi connectivity index (χ3n) is 5.16. The van der Waals surface area contributed by atoms with E-state index in [1.807, 2.05) is 13.8 Å². The first-order chi connectivity index (χ1) is 12.6. The Morgan fingerprint density at radius 2 is 1.92 bits per heavy atom. The van der Waals surface area contributed by atoms with Crippen molar-refractivity contribution in [1.29, 1.82) is 0 Å². The van der Waals surface area contributed by atoms with Gasteiger partial charge in [0.1, 0.15) is 4.83 Å². The lowest BCUT2D eigenvalue weighted by molar-refractivity contribution is 0.582. The highest BCUT2D eigenvalue weighted by Crippen LogP contribution is 2.35. The van der Waals surface area contributed by atoms with Gasteiger partial charge in [-0.3, -0.25) is 9.36 Å². The van der Waals surface area contributed by atoms with E-state index in [1.54, 1.807) is 15.9 Å². The quantitative estimate of drug-likeness (QED) is 0.687. The molecule has 26 heavy (non-hydrogen) atoms. The lowest BCUT2D eigenvalue weighted by Gasteiger charge is -2.17. The standard InChI is InChI=1S/C21H25N3OS/c1-4-14-9-11-15(12-10-14)22-21-23-19-18(20(25)24(21)13(2)3)16-7-5-6-8-17(16)26-19/h9-13H,4-8H2,1-3H3,(H,22,23). The smallest absolute Gasteiger partial charge is 0.264 e. The van der Waals surface area contributed by atoms with Crippen molar-refractivity contribution in [1.82, 2.24) is 9.55 Å². The van der Waals surface area contributed by atoms with E-state index in [2.05, 4.69) is 36.5 Å². The Bertz CT molecular complexity index is 999. The van der Waals surface area contributed by atoms with Crippen molar-refractivity contribution in [2.45, 2.75) is 58.9 Å². The molecule has 1 N–H and O–H groups in total. The second-order valence-electron chi connectivity index (χ2n) is 7.27. The van der Waals surface area contributed by atoms with E-state index < -0.39 is 0 Å². The first-order valence-corrected chi connectivity index (χ1v) is 10.3. The summed E-state index contributed by atoms with van der Waals surface area (Å²) in [6, 6.07) is 8.39. The number of thiophene rings is 1. The van der Waals surface area contributed by atoms with E-state index in [9.17, 15) is 4.79 Å². The number of aryl methyl sites for hydroxylation is 3. The predicted molar refractivity (Wildman–Crippen MR) is 110 cm³/mol. The number of anilines is 2. The number of rotatable bonds is 4. The lowest BCUT2D eigenvalue weighted by Crippen LogP contribution is -2.26. The summed E-state index contributed by atoms with van der Waals surface area (Å²) in [7, 11) is 0. The molecule has 0 fully saturated rings. The molecule has 0 unspecified atom stereocenters. The maximum atomic E-state index is 13.3. The summed E-state index contributed by atoms with van der Waals surface area (Å²) in [6.07, 6.45) is 5.49. The lowest BCUT2D eigenvalue weighted by atomic mass is 9.97. The fraction of sp³-hybridized carbons (Fsp3) is 0.429. The maximum Gasteiger partial charge on any atom is 0.264 e. The van der Waals surface area contributed by atoms with Crippen LogP contribution in [0, 0.1) is 0 Å². The third-order valence-corrected chi connectivity index (χ3v) is 6.34. The molecule has 136 valence electrons. The number of aromatic nitrogens is 2. The maximum absolute atomic E-state index is 13.3. The van der Waals surface area contributed by atoms with Gasteiger partial charge < -0.3 is 5.32 Å². The van der Waals surface area contributed by atoms with Gasteiger partial charge in [0.15, 0.2) is 0 Å². The minimum absolute atomic E-state index is 0.0518. The van der Waals surface area contributed by atoms with Crippen molar-refractivity contribution < 1.29 is 0 Å². The number of benzene rings is 1. The normalized spacial score (nSPS) is 14.0. The Morgan fingerprint density at radius 1 is 1.19 bits per heavy atom. The topological polar surface area (TPSA) is 46.9 Å². The number of hydrogen-bond donors (Lipinski definition) is 1. The van der Waals surface area contributed by atoms with Crippen molar-refractivity contribution in [3.05, 3.63) is 50.6 Å². The second kappa shape index (κ2) is 6.88. The Morgan fingerprint density at radius 3 is 2.62 bits per heavy atom. The number of fused-ring (bicyclic) bond motifs is 3. The molecule has 0 spiro atoms. The van der Waals surface area contributed by atoms with Crippen molar-refractivity contribution in [3.63, 3.8) is 0 Å². The van der Waals surface area contributed by atoms with Crippen LogP contribution >= 0.6 is 11.3 Å². The van der Waals surface area contributed by atoms with Crippen molar-refractivity contribution >= 4 is 33.2 Å². The predicted octanol–water partition coefficient (Wildman–Crippen LogP) is 5.22. The Kier molecular flexibility index (Phi) is 4.57. The molecule has 2 heterocycles. The number of nitrogens with zero attached hydrogens (tertiary/aromatic N) is 2. The summed E-state index contributed by atoms with van der Waals surface area (Å²) in [5.41, 5.74) is 3.61. The molecule has 4 rings (SSSR count). The molecule has 0 bridgehead atoms. The Labute approximate surface area is 157 Å². The van der Waals surface area contributed by atoms with E-state index in [0.29, 0.717) is 5.95 Å². The van der Waals surface area contributed by atoms with Crippen LogP contribution in [0.1, 0.15) is 55.7 Å². The fourth-order valence-corrected chi connectivity index (χ4v) is 4.99. The Balaban J connectivity index is 1.85. The summed E-state index contributed by atoms with van der Waals surface area (Å²) < 4.78 is 1.80. The molecule has 4 nitrogen and oxygen atoms in total. The molecule has 1 aromatic carbocycles. The van der Waals surface area contributed by atoms with E-state index in [1.165, 1.54) is 28.8 Å². The first kappa shape index (κ1) is 17.3. The van der Waals surface area contributed by atoms with Gasteiger partial charge in [-0.2, -0.15) is 0 Å². The third kappa shape index (κ3) is 2.94. The molecule has 1 aliphatic rings. The highest BCUT2D eigenvalue weighted by atomic mass is 32.1. The summed E-state index contributed by atoms with van der Waals surface area (Å²) in [4.78, 5) is 20.4. The average Bonchev–Trinajstić information content (AvgIpc) is 3.00. The van der Waals surface area contributed by atoms with Gasteiger partial charge in [-0.15, -0.1) is 11.3 Å². The zero-order chi connectivity index (χ0) is 18.3. The average molecular weight is 368 g/mol. The van der Waals surface area contributed by atoms with Gasteiger partial charge in [0.25, 0.3) is 5.56 Å². The zero-order valence-corrected chi connectivity index (χ0v) is 16.4. The highest BCUT2D eigenvalue weighted by molar-refractivity contribution is 7.18. The molecule has 0 atom stereocenters. The molecule has 0 aliphatic heterocycles. The van der Waals surface area contributed by atoms with E-state index in [4.69, 9.17) is 4.98 Å². The van der Waals surface area contributed by atoms with Gasteiger partial charge in [0.2, 0.25) is 5.95 Å². The molecule has 3 aromatic rings. The second-order valence-corrected chi connectivity index (χ2v) is 8.35. The van der Waals surface area contributed by atoms with Crippen LogP contribution in [-0.4, -0.2) is 9.55 Å². The number of nitrogens with one attached hydrogen (secondary N) is 1. The fourth-order valence-electron chi connectivity index (χ4n) is 3.74. The molecule has 0 radical (unpaired) electrons. The summed E-state index contributed by atoms with van der Waals surface area (Å²) in [5, 5.41) is 4.23. The van der Waals surface area contributed by atoms with Crippen LogP contribution in [0.5, 0.6) is 0 Å². The van der Waals surface area contributed by atoms with Gasteiger partial charge in [0, 0.05) is 16.6 Å². The van der Waals surface area contributed by atoms with Crippen molar-refractivity contribution in [2.75, 3.05) is 5.32 Å². The molecule has 0 amide bonds.